The second-order valence-corrected chi connectivity index (χ2v) is 6.30. The van der Waals surface area contributed by atoms with Gasteiger partial charge >= 0.3 is 0 Å². The second-order valence-electron chi connectivity index (χ2n) is 5.45. The molecule has 1 heterocycles. The van der Waals surface area contributed by atoms with Gasteiger partial charge in [0.25, 0.3) is 5.91 Å². The van der Waals surface area contributed by atoms with Gasteiger partial charge in [0.1, 0.15) is 5.82 Å². The van der Waals surface area contributed by atoms with Gasteiger partial charge in [-0.15, -0.1) is 0 Å². The first-order valence-electron chi connectivity index (χ1n) is 7.02. The average Bonchev–Trinajstić information content (AvgIpc) is 2.91. The lowest BCUT2D eigenvalue weighted by atomic mass is 10.1. The van der Waals surface area contributed by atoms with Crippen LogP contribution in [0.1, 0.15) is 30.1 Å². The van der Waals surface area contributed by atoms with Gasteiger partial charge in [-0.2, -0.15) is 0 Å². The minimum absolute atomic E-state index is 0.232. The van der Waals surface area contributed by atoms with Crippen LogP contribution in [0.25, 0.3) is 0 Å². The smallest absolute Gasteiger partial charge is 0.252 e. The van der Waals surface area contributed by atoms with E-state index in [0.717, 1.165) is 19.6 Å². The molecule has 1 aliphatic heterocycles. The van der Waals surface area contributed by atoms with Gasteiger partial charge in [0.05, 0.1) is 5.56 Å². The number of benzene rings is 1. The Morgan fingerprint density at radius 2 is 2.15 bits per heavy atom. The summed E-state index contributed by atoms with van der Waals surface area (Å²) >= 11 is 3.27. The molecule has 0 aromatic heterocycles. The van der Waals surface area contributed by atoms with Gasteiger partial charge in [-0.3, -0.25) is 4.79 Å². The summed E-state index contributed by atoms with van der Waals surface area (Å²) in [5.41, 5.74) is 0.346. The topological polar surface area (TPSA) is 32.3 Å². The molecular formula is C15H20BrFN2O. The highest BCUT2D eigenvalue weighted by Crippen LogP contribution is 2.17. The van der Waals surface area contributed by atoms with Crippen LogP contribution < -0.4 is 5.32 Å². The van der Waals surface area contributed by atoms with E-state index in [9.17, 15) is 9.18 Å². The van der Waals surface area contributed by atoms with E-state index in [-0.39, 0.29) is 5.91 Å². The van der Waals surface area contributed by atoms with Gasteiger partial charge in [0.2, 0.25) is 0 Å². The maximum Gasteiger partial charge on any atom is 0.252 e. The Morgan fingerprint density at radius 3 is 2.85 bits per heavy atom. The highest BCUT2D eigenvalue weighted by Gasteiger charge is 2.16. The largest absolute Gasteiger partial charge is 0.352 e. The molecular weight excluding hydrogens is 323 g/mol. The summed E-state index contributed by atoms with van der Waals surface area (Å²) in [6.07, 6.45) is 2.55. The van der Waals surface area contributed by atoms with Crippen molar-refractivity contribution >= 4 is 21.8 Å². The van der Waals surface area contributed by atoms with Gasteiger partial charge in [0.15, 0.2) is 0 Å². The number of halogens is 2. The lowest BCUT2D eigenvalue weighted by Gasteiger charge is -2.20. The van der Waals surface area contributed by atoms with Crippen molar-refractivity contribution in [3.05, 3.63) is 34.1 Å². The fraction of sp³-hybridized carbons (Fsp3) is 0.533. The summed E-state index contributed by atoms with van der Waals surface area (Å²) in [6, 6.07) is 4.14. The molecule has 1 atom stereocenters. The van der Waals surface area contributed by atoms with Crippen molar-refractivity contribution in [2.24, 2.45) is 5.92 Å². The van der Waals surface area contributed by atoms with E-state index in [1.165, 1.54) is 25.0 Å². The predicted molar refractivity (Wildman–Crippen MR) is 81.3 cm³/mol. The summed E-state index contributed by atoms with van der Waals surface area (Å²) in [6.45, 7) is 6.06. The molecule has 1 fully saturated rings. The number of rotatable bonds is 5. The van der Waals surface area contributed by atoms with Gasteiger partial charge in [0, 0.05) is 17.6 Å². The van der Waals surface area contributed by atoms with Crippen LogP contribution in [0.3, 0.4) is 0 Å². The monoisotopic (exact) mass is 342 g/mol. The highest BCUT2D eigenvalue weighted by atomic mass is 79.9. The maximum absolute atomic E-state index is 13.2. The van der Waals surface area contributed by atoms with Crippen LogP contribution in [0.2, 0.25) is 0 Å². The zero-order valence-electron chi connectivity index (χ0n) is 11.7. The molecule has 0 spiro atoms. The van der Waals surface area contributed by atoms with E-state index in [2.05, 4.69) is 33.1 Å². The molecule has 1 saturated heterocycles. The van der Waals surface area contributed by atoms with Crippen LogP contribution in [0.5, 0.6) is 0 Å². The standard InChI is InChI=1S/C15H20BrFN2O/c1-11(10-19-6-2-3-7-19)9-18-15(20)13-8-12(17)4-5-14(13)16/h4-5,8,11H,2-3,6-7,9-10H2,1H3,(H,18,20). The molecule has 1 aromatic carbocycles. The zero-order chi connectivity index (χ0) is 14.5. The second kappa shape index (κ2) is 7.18. The Hall–Kier alpha value is -0.940. The van der Waals surface area contributed by atoms with E-state index in [4.69, 9.17) is 0 Å². The van der Waals surface area contributed by atoms with Crippen LogP contribution in [0.4, 0.5) is 4.39 Å². The third kappa shape index (κ3) is 4.28. The number of nitrogens with one attached hydrogen (secondary N) is 1. The first kappa shape index (κ1) is 15.4. The number of carbonyl (C=O) groups is 1. The highest BCUT2D eigenvalue weighted by molar-refractivity contribution is 9.10. The molecule has 1 unspecified atom stereocenters. The first-order valence-corrected chi connectivity index (χ1v) is 7.81. The molecule has 5 heteroatoms. The van der Waals surface area contributed by atoms with E-state index < -0.39 is 5.82 Å². The Bertz CT molecular complexity index is 475. The normalized spacial score (nSPS) is 17.1. The molecule has 1 N–H and O–H groups in total. The van der Waals surface area contributed by atoms with Crippen molar-refractivity contribution in [2.45, 2.75) is 19.8 Å². The summed E-state index contributed by atoms with van der Waals surface area (Å²) in [4.78, 5) is 14.5. The van der Waals surface area contributed by atoms with Crippen molar-refractivity contribution in [3.8, 4) is 0 Å². The average molecular weight is 343 g/mol. The van der Waals surface area contributed by atoms with Crippen molar-refractivity contribution in [2.75, 3.05) is 26.2 Å². The van der Waals surface area contributed by atoms with Crippen molar-refractivity contribution < 1.29 is 9.18 Å². The summed E-state index contributed by atoms with van der Waals surface area (Å²) in [5, 5.41) is 2.88. The zero-order valence-corrected chi connectivity index (χ0v) is 13.2. The van der Waals surface area contributed by atoms with Crippen molar-refractivity contribution in [1.29, 1.82) is 0 Å². The van der Waals surface area contributed by atoms with E-state index in [1.807, 2.05) is 0 Å². The van der Waals surface area contributed by atoms with Crippen molar-refractivity contribution in [1.82, 2.24) is 10.2 Å². The molecule has 1 aromatic rings. The lowest BCUT2D eigenvalue weighted by molar-refractivity contribution is 0.0944. The molecule has 2 rings (SSSR count). The molecule has 3 nitrogen and oxygen atoms in total. The first-order chi connectivity index (χ1) is 9.56. The Balaban J connectivity index is 1.83. The van der Waals surface area contributed by atoms with E-state index >= 15 is 0 Å². The summed E-state index contributed by atoms with van der Waals surface area (Å²) in [5.74, 6) is -0.238. The van der Waals surface area contributed by atoms with Crippen LogP contribution in [0.15, 0.2) is 22.7 Å². The number of hydrogen-bond donors (Lipinski definition) is 1. The Labute approximate surface area is 127 Å². The number of nitrogens with zero attached hydrogens (tertiary/aromatic N) is 1. The lowest BCUT2D eigenvalue weighted by Crippen LogP contribution is -2.34. The van der Waals surface area contributed by atoms with Crippen molar-refractivity contribution in [3.63, 3.8) is 0 Å². The molecule has 1 aliphatic rings. The van der Waals surface area contributed by atoms with Crippen LogP contribution >= 0.6 is 15.9 Å². The third-order valence-corrected chi connectivity index (χ3v) is 4.24. The summed E-state index contributed by atoms with van der Waals surface area (Å²) < 4.78 is 13.8. The Morgan fingerprint density at radius 1 is 1.45 bits per heavy atom. The molecule has 110 valence electrons. The van der Waals surface area contributed by atoms with Gasteiger partial charge in [-0.05, 0) is 66.0 Å². The third-order valence-electron chi connectivity index (χ3n) is 3.55. The number of likely N-dealkylation sites (tertiary alicyclic amines) is 1. The van der Waals surface area contributed by atoms with Crippen LogP contribution in [-0.2, 0) is 0 Å². The number of hydrogen-bond acceptors (Lipinski definition) is 2. The van der Waals surface area contributed by atoms with Gasteiger partial charge in [-0.25, -0.2) is 4.39 Å². The minimum Gasteiger partial charge on any atom is -0.352 e. The molecule has 0 saturated carbocycles. The van der Waals surface area contributed by atoms with E-state index in [0.29, 0.717) is 22.5 Å². The van der Waals surface area contributed by atoms with E-state index in [1.54, 1.807) is 6.07 Å². The molecule has 0 aliphatic carbocycles. The Kier molecular flexibility index (Phi) is 5.54. The fourth-order valence-corrected chi connectivity index (χ4v) is 2.93. The summed E-state index contributed by atoms with van der Waals surface area (Å²) in [7, 11) is 0. The number of amides is 1. The van der Waals surface area contributed by atoms with Crippen LogP contribution in [0, 0.1) is 11.7 Å². The number of carbonyl (C=O) groups excluding carboxylic acids is 1. The SMILES string of the molecule is CC(CNC(=O)c1cc(F)ccc1Br)CN1CCCC1. The maximum atomic E-state index is 13.2. The quantitative estimate of drug-likeness (QED) is 0.891. The molecule has 0 radical (unpaired) electrons. The fourth-order valence-electron chi connectivity index (χ4n) is 2.50. The van der Waals surface area contributed by atoms with Gasteiger partial charge in [-0.1, -0.05) is 6.92 Å². The molecule has 1 amide bonds. The molecule has 0 bridgehead atoms. The predicted octanol–water partition coefficient (Wildman–Crippen LogP) is 3.05. The minimum atomic E-state index is -0.400. The molecule has 20 heavy (non-hydrogen) atoms. The van der Waals surface area contributed by atoms with Gasteiger partial charge < -0.3 is 10.2 Å². The van der Waals surface area contributed by atoms with Crippen LogP contribution in [-0.4, -0.2) is 37.0 Å².